The molecule has 2 aromatic rings. The van der Waals surface area contributed by atoms with Crippen LogP contribution < -0.4 is 0 Å². The quantitative estimate of drug-likeness (QED) is 0.662. The van der Waals surface area contributed by atoms with Crippen LogP contribution in [0.1, 0.15) is 56.1 Å². The second kappa shape index (κ2) is 6.13. The molecule has 2 unspecified atom stereocenters. The number of nitrogens with zero attached hydrogens (tertiary/aromatic N) is 1. The van der Waals surface area contributed by atoms with Crippen LogP contribution in [0.2, 0.25) is 0 Å². The molecule has 0 N–H and O–H groups in total. The number of allylic oxidation sites excluding steroid dienone is 1. The molecule has 2 atom stereocenters. The van der Waals surface area contributed by atoms with Crippen molar-refractivity contribution in [3.63, 3.8) is 0 Å². The molecule has 5 rings (SSSR count). The molecule has 0 saturated carbocycles. The number of benzene rings is 2. The van der Waals surface area contributed by atoms with E-state index in [9.17, 15) is 0 Å². The predicted molar refractivity (Wildman–Crippen MR) is 99.2 cm³/mol. The van der Waals surface area contributed by atoms with Gasteiger partial charge in [-0.05, 0) is 54.3 Å². The van der Waals surface area contributed by atoms with Gasteiger partial charge in [-0.2, -0.15) is 0 Å². The molecule has 1 nitrogen and oxygen atoms in total. The minimum atomic E-state index is 0.646. The molecule has 3 aliphatic rings. The first-order valence-corrected chi connectivity index (χ1v) is 9.26. The summed E-state index contributed by atoms with van der Waals surface area (Å²) in [5, 5.41) is 2.88. The molecule has 120 valence electrons. The molecular weight excluding hydrogens is 278 g/mol. The molecule has 0 fully saturated rings. The number of hydrogen-bond acceptors (Lipinski definition) is 1. The van der Waals surface area contributed by atoms with Crippen LogP contribution >= 0.6 is 0 Å². The summed E-state index contributed by atoms with van der Waals surface area (Å²) in [5.74, 6) is 1.32. The van der Waals surface area contributed by atoms with Crippen LogP contribution in [0.5, 0.6) is 0 Å². The van der Waals surface area contributed by atoms with Crippen LogP contribution in [0.4, 0.5) is 0 Å². The van der Waals surface area contributed by atoms with Gasteiger partial charge in [-0.25, -0.2) is 0 Å². The zero-order valence-corrected chi connectivity index (χ0v) is 14.4. The molecule has 3 aliphatic carbocycles. The summed E-state index contributed by atoms with van der Waals surface area (Å²) in [6, 6.07) is 13.7. The van der Waals surface area contributed by atoms with E-state index in [0.717, 1.165) is 0 Å². The molecule has 0 radical (unpaired) electrons. The van der Waals surface area contributed by atoms with Crippen molar-refractivity contribution in [2.45, 2.75) is 44.9 Å². The summed E-state index contributed by atoms with van der Waals surface area (Å²) in [4.78, 5) is 2.55. The van der Waals surface area contributed by atoms with Crippen LogP contribution in [0, 0.1) is 0 Å². The maximum atomic E-state index is 2.62. The number of fused-ring (bicyclic) bond motifs is 2. The zero-order chi connectivity index (χ0) is 15.8. The lowest BCUT2D eigenvalue weighted by molar-refractivity contribution is 0.303. The standard InChI is InChI=1S/C22H27N/c1-3-23(4-2)14-13-17-15-18-10-11-19(17)21-12-9-16-7-5-6-8-20(16)22(18)21/h5-9,12,15,18-19H,3-4,10-11,13-14H2,1-2H3. The smallest absolute Gasteiger partial charge is 0.00523 e. The summed E-state index contributed by atoms with van der Waals surface area (Å²) in [7, 11) is 0. The number of rotatable bonds is 5. The Kier molecular flexibility index (Phi) is 3.98. The van der Waals surface area contributed by atoms with Crippen molar-refractivity contribution in [2.24, 2.45) is 0 Å². The third-order valence-corrected chi connectivity index (χ3v) is 5.99. The van der Waals surface area contributed by atoms with Crippen molar-refractivity contribution in [1.82, 2.24) is 4.90 Å². The van der Waals surface area contributed by atoms with Crippen LogP contribution in [-0.2, 0) is 0 Å². The normalized spacial score (nSPS) is 22.5. The first kappa shape index (κ1) is 15.0. The van der Waals surface area contributed by atoms with Crippen LogP contribution in [0.15, 0.2) is 48.0 Å². The van der Waals surface area contributed by atoms with E-state index < -0.39 is 0 Å². The van der Waals surface area contributed by atoms with Gasteiger partial charge in [0, 0.05) is 18.4 Å². The molecule has 0 spiro atoms. The second-order valence-electron chi connectivity index (χ2n) is 7.04. The summed E-state index contributed by atoms with van der Waals surface area (Å²) in [5.41, 5.74) is 4.96. The highest BCUT2D eigenvalue weighted by Gasteiger charge is 2.34. The molecule has 2 aromatic carbocycles. The van der Waals surface area contributed by atoms with Gasteiger partial charge in [0.2, 0.25) is 0 Å². The molecule has 23 heavy (non-hydrogen) atoms. The van der Waals surface area contributed by atoms with Crippen molar-refractivity contribution in [3.8, 4) is 0 Å². The Morgan fingerprint density at radius 2 is 1.83 bits per heavy atom. The van der Waals surface area contributed by atoms with Crippen molar-refractivity contribution in [2.75, 3.05) is 19.6 Å². The predicted octanol–water partition coefficient (Wildman–Crippen LogP) is 5.47. The van der Waals surface area contributed by atoms with Gasteiger partial charge < -0.3 is 4.90 Å². The molecule has 0 saturated heterocycles. The van der Waals surface area contributed by atoms with Gasteiger partial charge >= 0.3 is 0 Å². The lowest BCUT2D eigenvalue weighted by Gasteiger charge is -2.39. The Labute approximate surface area is 140 Å². The summed E-state index contributed by atoms with van der Waals surface area (Å²) in [6.07, 6.45) is 6.54. The number of hydrogen-bond donors (Lipinski definition) is 0. The monoisotopic (exact) mass is 305 g/mol. The van der Waals surface area contributed by atoms with E-state index in [2.05, 4.69) is 61.2 Å². The first-order valence-electron chi connectivity index (χ1n) is 9.26. The second-order valence-corrected chi connectivity index (χ2v) is 7.04. The Morgan fingerprint density at radius 3 is 2.65 bits per heavy atom. The SMILES string of the molecule is CCN(CC)CCC1=CC2CCC1c1ccc3ccccc3c12. The highest BCUT2D eigenvalue weighted by atomic mass is 15.1. The van der Waals surface area contributed by atoms with Crippen molar-refractivity contribution >= 4 is 10.8 Å². The van der Waals surface area contributed by atoms with E-state index in [1.165, 1.54) is 49.7 Å². The third-order valence-electron chi connectivity index (χ3n) is 5.99. The van der Waals surface area contributed by atoms with E-state index in [1.807, 2.05) is 0 Å². The van der Waals surface area contributed by atoms with Crippen LogP contribution in [0.25, 0.3) is 10.8 Å². The van der Waals surface area contributed by atoms with Gasteiger partial charge in [-0.1, -0.05) is 61.9 Å². The Bertz CT molecular complexity index is 739. The van der Waals surface area contributed by atoms with E-state index in [4.69, 9.17) is 0 Å². The summed E-state index contributed by atoms with van der Waals surface area (Å²) < 4.78 is 0. The highest BCUT2D eigenvalue weighted by Crippen LogP contribution is 2.51. The fourth-order valence-corrected chi connectivity index (χ4v) is 4.69. The highest BCUT2D eigenvalue weighted by molar-refractivity contribution is 5.88. The fraction of sp³-hybridized carbons (Fsp3) is 0.455. The maximum Gasteiger partial charge on any atom is 0.00523 e. The molecule has 0 aromatic heterocycles. The van der Waals surface area contributed by atoms with Crippen LogP contribution in [-0.4, -0.2) is 24.5 Å². The minimum Gasteiger partial charge on any atom is -0.304 e. The summed E-state index contributed by atoms with van der Waals surface area (Å²) in [6.45, 7) is 8.09. The van der Waals surface area contributed by atoms with Crippen molar-refractivity contribution in [1.29, 1.82) is 0 Å². The molecule has 0 aliphatic heterocycles. The Balaban J connectivity index is 1.67. The molecule has 0 amide bonds. The molecule has 0 heterocycles. The lowest BCUT2D eigenvalue weighted by atomic mass is 9.66. The Hall–Kier alpha value is -1.60. The lowest BCUT2D eigenvalue weighted by Crippen LogP contribution is -2.27. The summed E-state index contributed by atoms with van der Waals surface area (Å²) >= 11 is 0. The van der Waals surface area contributed by atoms with Gasteiger partial charge in [0.1, 0.15) is 0 Å². The van der Waals surface area contributed by atoms with Gasteiger partial charge in [0.05, 0.1) is 0 Å². The van der Waals surface area contributed by atoms with Gasteiger partial charge in [0.25, 0.3) is 0 Å². The average Bonchev–Trinajstić information content (AvgIpc) is 2.63. The molecule has 1 heteroatoms. The maximum absolute atomic E-state index is 2.62. The molecular formula is C22H27N. The van der Waals surface area contributed by atoms with Gasteiger partial charge in [-0.3, -0.25) is 0 Å². The largest absolute Gasteiger partial charge is 0.304 e. The minimum absolute atomic E-state index is 0.646. The van der Waals surface area contributed by atoms with E-state index in [1.54, 1.807) is 16.7 Å². The van der Waals surface area contributed by atoms with E-state index in [-0.39, 0.29) is 0 Å². The van der Waals surface area contributed by atoms with Gasteiger partial charge in [0.15, 0.2) is 0 Å². The van der Waals surface area contributed by atoms with E-state index >= 15 is 0 Å². The third kappa shape index (κ3) is 2.52. The topological polar surface area (TPSA) is 3.24 Å². The molecule has 2 bridgehead atoms. The van der Waals surface area contributed by atoms with Crippen LogP contribution in [0.3, 0.4) is 0 Å². The zero-order valence-electron chi connectivity index (χ0n) is 14.4. The average molecular weight is 305 g/mol. The van der Waals surface area contributed by atoms with E-state index in [0.29, 0.717) is 11.8 Å². The fourth-order valence-electron chi connectivity index (χ4n) is 4.69. The Morgan fingerprint density at radius 1 is 1.00 bits per heavy atom. The first-order chi connectivity index (χ1) is 11.3. The van der Waals surface area contributed by atoms with Crippen molar-refractivity contribution in [3.05, 3.63) is 59.2 Å². The van der Waals surface area contributed by atoms with Crippen molar-refractivity contribution < 1.29 is 0 Å². The van der Waals surface area contributed by atoms with Gasteiger partial charge in [-0.15, -0.1) is 0 Å².